The third-order valence-electron chi connectivity index (χ3n) is 4.75. The minimum Gasteiger partial charge on any atom is -0.329 e. The molecule has 0 unspecified atom stereocenters. The van der Waals surface area contributed by atoms with E-state index in [1.54, 1.807) is 0 Å². The third-order valence-corrected chi connectivity index (χ3v) is 4.75. The van der Waals surface area contributed by atoms with Gasteiger partial charge in [0.15, 0.2) is 0 Å². The first-order valence-corrected chi connectivity index (χ1v) is 8.56. The Bertz CT molecular complexity index is 225. The Kier molecular flexibility index (Phi) is 7.38. The molecule has 0 amide bonds. The van der Waals surface area contributed by atoms with E-state index in [0.29, 0.717) is 0 Å². The highest BCUT2D eigenvalue weighted by Gasteiger charge is 2.39. The molecule has 1 fully saturated rings. The lowest BCUT2D eigenvalue weighted by atomic mass is 9.84. The smallest absolute Gasteiger partial charge is 0.0334 e. The van der Waals surface area contributed by atoms with Crippen LogP contribution >= 0.6 is 0 Å². The van der Waals surface area contributed by atoms with Gasteiger partial charge in [-0.3, -0.25) is 4.90 Å². The Morgan fingerprint density at radius 1 is 1.11 bits per heavy atom. The quantitative estimate of drug-likeness (QED) is 0.679. The van der Waals surface area contributed by atoms with Crippen molar-refractivity contribution in [3.05, 3.63) is 0 Å². The molecule has 1 saturated carbocycles. The summed E-state index contributed by atoms with van der Waals surface area (Å²) in [4.78, 5) is 2.83. The van der Waals surface area contributed by atoms with Gasteiger partial charge >= 0.3 is 0 Å². The molecule has 19 heavy (non-hydrogen) atoms. The van der Waals surface area contributed by atoms with Gasteiger partial charge in [-0.25, -0.2) is 0 Å². The Morgan fingerprint density at radius 2 is 1.63 bits per heavy atom. The molecule has 0 aromatic carbocycles. The fourth-order valence-electron chi connectivity index (χ4n) is 4.00. The van der Waals surface area contributed by atoms with Crippen LogP contribution in [0.4, 0.5) is 0 Å². The minimum absolute atomic E-state index is 0.267. The highest BCUT2D eigenvalue weighted by atomic mass is 15.2. The normalized spacial score (nSPS) is 17.8. The third kappa shape index (κ3) is 4.46. The van der Waals surface area contributed by atoms with E-state index < -0.39 is 0 Å². The Morgan fingerprint density at radius 3 is 2.00 bits per heavy atom. The van der Waals surface area contributed by atoms with Crippen LogP contribution in [-0.4, -0.2) is 29.6 Å². The van der Waals surface area contributed by atoms with Crippen molar-refractivity contribution in [1.82, 2.24) is 4.90 Å². The van der Waals surface area contributed by atoms with E-state index in [1.807, 2.05) is 0 Å². The topological polar surface area (TPSA) is 29.3 Å². The Labute approximate surface area is 121 Å². The molecule has 2 heteroatoms. The van der Waals surface area contributed by atoms with Crippen LogP contribution in [0.25, 0.3) is 0 Å². The van der Waals surface area contributed by atoms with Gasteiger partial charge in [0, 0.05) is 24.7 Å². The lowest BCUT2D eigenvalue weighted by molar-refractivity contribution is 0.0232. The number of rotatable bonds is 9. The molecule has 114 valence electrons. The summed E-state index contributed by atoms with van der Waals surface area (Å²) in [6.45, 7) is 11.4. The van der Waals surface area contributed by atoms with E-state index in [0.717, 1.165) is 18.5 Å². The van der Waals surface area contributed by atoms with E-state index in [4.69, 9.17) is 5.73 Å². The molecule has 0 aromatic heterocycles. The average molecular weight is 268 g/mol. The van der Waals surface area contributed by atoms with E-state index in [-0.39, 0.29) is 5.54 Å². The van der Waals surface area contributed by atoms with Gasteiger partial charge in [-0.15, -0.1) is 0 Å². The number of nitrogens with two attached hydrogens (primary N) is 1. The zero-order valence-electron chi connectivity index (χ0n) is 13.8. The van der Waals surface area contributed by atoms with Crippen molar-refractivity contribution in [1.29, 1.82) is 0 Å². The molecule has 1 rings (SSSR count). The molecule has 1 aliphatic rings. The lowest BCUT2D eigenvalue weighted by Gasteiger charge is -2.48. The second-order valence-corrected chi connectivity index (χ2v) is 6.91. The molecule has 2 nitrogen and oxygen atoms in total. The lowest BCUT2D eigenvalue weighted by Crippen LogP contribution is -2.58. The number of hydrogen-bond acceptors (Lipinski definition) is 2. The summed E-state index contributed by atoms with van der Waals surface area (Å²) in [5.74, 6) is 0.736. The molecule has 0 aromatic rings. The SMILES string of the molecule is CCCC(CN)(CCC)N(CC(C)C)C1CCCC1. The molecule has 0 radical (unpaired) electrons. The second kappa shape index (κ2) is 8.26. The summed E-state index contributed by atoms with van der Waals surface area (Å²) >= 11 is 0. The molecule has 0 heterocycles. The van der Waals surface area contributed by atoms with Gasteiger partial charge in [0.25, 0.3) is 0 Å². The fraction of sp³-hybridized carbons (Fsp3) is 1.00. The van der Waals surface area contributed by atoms with Crippen molar-refractivity contribution in [3.8, 4) is 0 Å². The first kappa shape index (κ1) is 17.0. The summed E-state index contributed by atoms with van der Waals surface area (Å²) in [6, 6.07) is 0.795. The van der Waals surface area contributed by atoms with Crippen molar-refractivity contribution >= 4 is 0 Å². The van der Waals surface area contributed by atoms with Crippen molar-refractivity contribution < 1.29 is 0 Å². The van der Waals surface area contributed by atoms with Gasteiger partial charge in [0.05, 0.1) is 0 Å². The van der Waals surface area contributed by atoms with Crippen LogP contribution in [0, 0.1) is 5.92 Å². The zero-order valence-corrected chi connectivity index (χ0v) is 13.8. The van der Waals surface area contributed by atoms with E-state index in [2.05, 4.69) is 32.6 Å². The molecular formula is C17H36N2. The largest absolute Gasteiger partial charge is 0.329 e. The molecule has 1 aliphatic carbocycles. The van der Waals surface area contributed by atoms with E-state index in [1.165, 1.54) is 57.9 Å². The Balaban J connectivity index is 2.92. The van der Waals surface area contributed by atoms with Gasteiger partial charge in [-0.1, -0.05) is 53.4 Å². The predicted molar refractivity (Wildman–Crippen MR) is 85.4 cm³/mol. The van der Waals surface area contributed by atoms with Gasteiger partial charge in [-0.2, -0.15) is 0 Å². The summed E-state index contributed by atoms with van der Waals surface area (Å²) in [6.07, 6.45) is 10.6. The minimum atomic E-state index is 0.267. The van der Waals surface area contributed by atoms with Gasteiger partial charge in [-0.05, 0) is 31.6 Å². The fourth-order valence-corrected chi connectivity index (χ4v) is 4.00. The van der Waals surface area contributed by atoms with Crippen LogP contribution < -0.4 is 5.73 Å². The van der Waals surface area contributed by atoms with Gasteiger partial charge < -0.3 is 5.73 Å². The number of hydrogen-bond donors (Lipinski definition) is 1. The molecule has 0 aliphatic heterocycles. The predicted octanol–water partition coefficient (Wildman–Crippen LogP) is 4.18. The summed E-state index contributed by atoms with van der Waals surface area (Å²) in [5, 5.41) is 0. The maximum atomic E-state index is 6.28. The maximum absolute atomic E-state index is 6.28. The summed E-state index contributed by atoms with van der Waals surface area (Å²) < 4.78 is 0. The monoisotopic (exact) mass is 268 g/mol. The molecule has 0 spiro atoms. The van der Waals surface area contributed by atoms with E-state index >= 15 is 0 Å². The maximum Gasteiger partial charge on any atom is 0.0334 e. The van der Waals surface area contributed by atoms with Gasteiger partial charge in [0.1, 0.15) is 0 Å². The molecule has 0 saturated heterocycles. The van der Waals surface area contributed by atoms with Crippen molar-refractivity contribution in [3.63, 3.8) is 0 Å². The van der Waals surface area contributed by atoms with Crippen LogP contribution in [0.1, 0.15) is 79.1 Å². The van der Waals surface area contributed by atoms with Gasteiger partial charge in [0.2, 0.25) is 0 Å². The van der Waals surface area contributed by atoms with Crippen LogP contribution in [0.2, 0.25) is 0 Å². The van der Waals surface area contributed by atoms with Crippen molar-refractivity contribution in [2.45, 2.75) is 90.6 Å². The van der Waals surface area contributed by atoms with Crippen molar-refractivity contribution in [2.75, 3.05) is 13.1 Å². The Hall–Kier alpha value is -0.0800. The molecule has 2 N–H and O–H groups in total. The van der Waals surface area contributed by atoms with Crippen LogP contribution in [0.15, 0.2) is 0 Å². The van der Waals surface area contributed by atoms with E-state index in [9.17, 15) is 0 Å². The van der Waals surface area contributed by atoms with Crippen molar-refractivity contribution in [2.24, 2.45) is 11.7 Å². The second-order valence-electron chi connectivity index (χ2n) is 6.91. The average Bonchev–Trinajstić information content (AvgIpc) is 2.89. The highest BCUT2D eigenvalue weighted by molar-refractivity contribution is 4.96. The van der Waals surface area contributed by atoms with Crippen LogP contribution in [0.5, 0.6) is 0 Å². The molecule has 0 bridgehead atoms. The number of nitrogens with zero attached hydrogens (tertiary/aromatic N) is 1. The zero-order chi connectivity index (χ0) is 14.3. The first-order valence-electron chi connectivity index (χ1n) is 8.56. The van der Waals surface area contributed by atoms with Crippen LogP contribution in [-0.2, 0) is 0 Å². The molecule has 0 atom stereocenters. The molecular weight excluding hydrogens is 232 g/mol. The summed E-state index contributed by atoms with van der Waals surface area (Å²) in [5.41, 5.74) is 6.55. The van der Waals surface area contributed by atoms with Crippen LogP contribution in [0.3, 0.4) is 0 Å². The standard InChI is InChI=1S/C17H36N2/c1-5-11-17(14-18,12-6-2)19(13-15(3)4)16-9-7-8-10-16/h15-16H,5-14,18H2,1-4H3. The first-order chi connectivity index (χ1) is 9.09. The highest BCUT2D eigenvalue weighted by Crippen LogP contribution is 2.35. The summed E-state index contributed by atoms with van der Waals surface area (Å²) in [7, 11) is 0.